The third-order valence-electron chi connectivity index (χ3n) is 2.51. The number of ether oxygens (including phenoxy) is 1. The molecule has 1 atom stereocenters. The second-order valence-electron chi connectivity index (χ2n) is 4.10. The first kappa shape index (κ1) is 15.5. The molecule has 0 fully saturated rings. The van der Waals surface area contributed by atoms with Gasteiger partial charge in [-0.1, -0.05) is 0 Å². The van der Waals surface area contributed by atoms with E-state index in [9.17, 15) is 14.4 Å². The van der Waals surface area contributed by atoms with Gasteiger partial charge >= 0.3 is 18.0 Å². The van der Waals surface area contributed by atoms with Crippen molar-refractivity contribution in [3.05, 3.63) is 18.0 Å². The van der Waals surface area contributed by atoms with Crippen LogP contribution in [0.15, 0.2) is 12.4 Å². The fourth-order valence-corrected chi connectivity index (χ4v) is 1.44. The molecule has 0 aromatic carbocycles. The molecule has 1 heterocycles. The van der Waals surface area contributed by atoms with Gasteiger partial charge in [0.25, 0.3) is 0 Å². The molecule has 9 nitrogen and oxygen atoms in total. The summed E-state index contributed by atoms with van der Waals surface area (Å²) in [7, 11) is 4.19. The minimum absolute atomic E-state index is 0.276. The number of carboxylic acids is 1. The molecule has 0 bridgehead atoms. The first-order valence-corrected chi connectivity index (χ1v) is 5.65. The normalized spacial score (nSPS) is 11.6. The predicted molar refractivity (Wildman–Crippen MR) is 66.8 cm³/mol. The molecule has 0 aliphatic heterocycles. The number of aryl methyl sites for hydroxylation is 1. The lowest BCUT2D eigenvalue weighted by Crippen LogP contribution is -2.43. The fourth-order valence-electron chi connectivity index (χ4n) is 1.44. The quantitative estimate of drug-likeness (QED) is 0.695. The Bertz CT molecular complexity index is 513. The largest absolute Gasteiger partial charge is 0.479 e. The summed E-state index contributed by atoms with van der Waals surface area (Å²) in [5, 5.41) is 15.3. The third-order valence-corrected chi connectivity index (χ3v) is 2.51. The van der Waals surface area contributed by atoms with Crippen LogP contribution in [-0.4, -0.2) is 58.5 Å². The number of hydrogen-bond donors (Lipinski definition) is 2. The number of urea groups is 1. The number of carbonyl (C=O) groups is 3. The van der Waals surface area contributed by atoms with Gasteiger partial charge in [-0.2, -0.15) is 5.10 Å². The number of nitrogens with one attached hydrogen (secondary N) is 1. The van der Waals surface area contributed by atoms with Crippen molar-refractivity contribution in [3.63, 3.8) is 0 Å². The van der Waals surface area contributed by atoms with Crippen molar-refractivity contribution in [1.82, 2.24) is 20.0 Å². The minimum Gasteiger partial charge on any atom is -0.479 e. The van der Waals surface area contributed by atoms with Crippen LogP contribution in [0.1, 0.15) is 11.6 Å². The van der Waals surface area contributed by atoms with E-state index in [1.807, 2.05) is 0 Å². The van der Waals surface area contributed by atoms with E-state index < -0.39 is 24.0 Å². The van der Waals surface area contributed by atoms with Crippen molar-refractivity contribution in [3.8, 4) is 0 Å². The van der Waals surface area contributed by atoms with Crippen LogP contribution < -0.4 is 5.32 Å². The molecule has 20 heavy (non-hydrogen) atoms. The maximum atomic E-state index is 11.8. The van der Waals surface area contributed by atoms with Crippen LogP contribution >= 0.6 is 0 Å². The lowest BCUT2D eigenvalue weighted by Gasteiger charge is -2.19. The third kappa shape index (κ3) is 3.97. The number of likely N-dealkylation sites (N-methyl/N-ethyl adjacent to an activating group) is 1. The topological polar surface area (TPSA) is 114 Å². The van der Waals surface area contributed by atoms with Gasteiger partial charge in [0.15, 0.2) is 6.04 Å². The van der Waals surface area contributed by atoms with Crippen LogP contribution in [0.25, 0.3) is 0 Å². The summed E-state index contributed by atoms with van der Waals surface area (Å²) >= 11 is 0. The SMILES string of the molecule is COC(=O)CN(C)C(=O)NC(C(=O)O)c1cnn(C)c1. The Hall–Kier alpha value is -2.58. The molecule has 0 saturated heterocycles. The molecule has 2 amide bonds. The first-order chi connectivity index (χ1) is 9.35. The van der Waals surface area contributed by atoms with Crippen LogP contribution in [0.3, 0.4) is 0 Å². The molecule has 0 spiro atoms. The number of carbonyl (C=O) groups excluding carboxylic acids is 2. The zero-order chi connectivity index (χ0) is 15.3. The highest BCUT2D eigenvalue weighted by Gasteiger charge is 2.25. The number of carboxylic acid groups (broad SMARTS) is 1. The molecule has 0 aliphatic carbocycles. The van der Waals surface area contributed by atoms with E-state index in [2.05, 4.69) is 15.2 Å². The van der Waals surface area contributed by atoms with E-state index >= 15 is 0 Å². The molecular formula is C11H16N4O5. The Balaban J connectivity index is 2.74. The first-order valence-electron chi connectivity index (χ1n) is 5.65. The lowest BCUT2D eigenvalue weighted by molar-refractivity contribution is -0.141. The highest BCUT2D eigenvalue weighted by molar-refractivity contribution is 5.85. The van der Waals surface area contributed by atoms with E-state index in [1.54, 1.807) is 7.05 Å². The van der Waals surface area contributed by atoms with Gasteiger partial charge in [0.05, 0.1) is 13.3 Å². The van der Waals surface area contributed by atoms with Crippen LogP contribution in [0, 0.1) is 0 Å². The van der Waals surface area contributed by atoms with Crippen molar-refractivity contribution in [2.75, 3.05) is 20.7 Å². The van der Waals surface area contributed by atoms with E-state index in [0.29, 0.717) is 5.56 Å². The van der Waals surface area contributed by atoms with Gasteiger partial charge in [0.2, 0.25) is 0 Å². The van der Waals surface area contributed by atoms with E-state index in [-0.39, 0.29) is 6.54 Å². The van der Waals surface area contributed by atoms with E-state index in [1.165, 1.54) is 31.2 Å². The Kier molecular flexibility index (Phi) is 5.07. The molecule has 9 heteroatoms. The van der Waals surface area contributed by atoms with Crippen molar-refractivity contribution < 1.29 is 24.2 Å². The van der Waals surface area contributed by atoms with Crippen molar-refractivity contribution in [2.45, 2.75) is 6.04 Å². The number of rotatable bonds is 5. The molecule has 110 valence electrons. The van der Waals surface area contributed by atoms with Gasteiger partial charge in [0.1, 0.15) is 6.54 Å². The molecule has 0 aliphatic rings. The molecular weight excluding hydrogens is 268 g/mol. The number of hydrogen-bond acceptors (Lipinski definition) is 5. The zero-order valence-electron chi connectivity index (χ0n) is 11.4. The molecule has 2 N–H and O–H groups in total. The maximum Gasteiger partial charge on any atom is 0.331 e. The number of amides is 2. The Morgan fingerprint density at radius 3 is 2.65 bits per heavy atom. The van der Waals surface area contributed by atoms with Crippen molar-refractivity contribution >= 4 is 18.0 Å². The number of aliphatic carboxylic acids is 1. The summed E-state index contributed by atoms with van der Waals surface area (Å²) in [4.78, 5) is 35.1. The van der Waals surface area contributed by atoms with Crippen molar-refractivity contribution in [2.24, 2.45) is 7.05 Å². The molecule has 1 unspecified atom stereocenters. The molecule has 1 aromatic rings. The number of nitrogens with zero attached hydrogens (tertiary/aromatic N) is 3. The maximum absolute atomic E-state index is 11.8. The Morgan fingerprint density at radius 1 is 1.55 bits per heavy atom. The van der Waals surface area contributed by atoms with Gasteiger partial charge in [-0.25, -0.2) is 9.59 Å². The summed E-state index contributed by atoms with van der Waals surface area (Å²) in [6, 6.07) is -1.94. The molecule has 1 aromatic heterocycles. The van der Waals surface area contributed by atoms with E-state index in [4.69, 9.17) is 5.11 Å². The van der Waals surface area contributed by atoms with Gasteiger partial charge in [-0.3, -0.25) is 9.48 Å². The molecule has 0 saturated carbocycles. The smallest absolute Gasteiger partial charge is 0.331 e. The van der Waals surface area contributed by atoms with Crippen molar-refractivity contribution in [1.29, 1.82) is 0 Å². The predicted octanol–water partition coefficient (Wildman–Crippen LogP) is -0.640. The van der Waals surface area contributed by atoms with Crippen LogP contribution in [0.4, 0.5) is 4.79 Å². The van der Waals surface area contributed by atoms with Crippen LogP contribution in [0.2, 0.25) is 0 Å². The monoisotopic (exact) mass is 284 g/mol. The second kappa shape index (κ2) is 6.55. The summed E-state index contributed by atoms with van der Waals surface area (Å²) in [6.07, 6.45) is 2.83. The average molecular weight is 284 g/mol. The summed E-state index contributed by atoms with van der Waals surface area (Å²) < 4.78 is 5.85. The lowest BCUT2D eigenvalue weighted by atomic mass is 10.1. The number of aromatic nitrogens is 2. The van der Waals surface area contributed by atoms with Gasteiger partial charge < -0.3 is 20.1 Å². The second-order valence-corrected chi connectivity index (χ2v) is 4.10. The van der Waals surface area contributed by atoms with E-state index in [0.717, 1.165) is 4.90 Å². The van der Waals surface area contributed by atoms with Crippen LogP contribution in [-0.2, 0) is 21.4 Å². The standard InChI is InChI=1S/C11H16N4O5/c1-14(6-8(16)20-3)11(19)13-9(10(17)18)7-4-12-15(2)5-7/h4-5,9H,6H2,1-3H3,(H,13,19)(H,17,18). The van der Waals surface area contributed by atoms with Gasteiger partial charge in [-0.15, -0.1) is 0 Å². The van der Waals surface area contributed by atoms with Crippen LogP contribution in [0.5, 0.6) is 0 Å². The summed E-state index contributed by atoms with van der Waals surface area (Å²) in [6.45, 7) is -0.276. The minimum atomic E-state index is -1.24. The average Bonchev–Trinajstić information content (AvgIpc) is 2.81. The Labute approximate surface area is 115 Å². The molecule has 0 radical (unpaired) electrons. The highest BCUT2D eigenvalue weighted by Crippen LogP contribution is 2.12. The summed E-state index contributed by atoms with van der Waals surface area (Å²) in [5.41, 5.74) is 0.333. The van der Waals surface area contributed by atoms with Gasteiger partial charge in [0, 0.05) is 25.9 Å². The highest BCUT2D eigenvalue weighted by atomic mass is 16.5. The molecule has 1 rings (SSSR count). The number of methoxy groups -OCH3 is 1. The summed E-state index contributed by atoms with van der Waals surface area (Å²) in [5.74, 6) is -1.83. The fraction of sp³-hybridized carbons (Fsp3) is 0.455. The number of esters is 1. The zero-order valence-corrected chi connectivity index (χ0v) is 11.4. The Morgan fingerprint density at radius 2 is 2.20 bits per heavy atom. The van der Waals surface area contributed by atoms with Gasteiger partial charge in [-0.05, 0) is 0 Å².